The van der Waals surface area contributed by atoms with Crippen molar-refractivity contribution in [1.82, 2.24) is 99.6 Å². The first-order valence-electron chi connectivity index (χ1n) is 40.0. The van der Waals surface area contributed by atoms with E-state index in [2.05, 4.69) is 90.1 Å². The van der Waals surface area contributed by atoms with Crippen molar-refractivity contribution in [1.29, 1.82) is 10.8 Å². The molecule has 2 aliphatic rings. The van der Waals surface area contributed by atoms with Crippen molar-refractivity contribution < 1.29 is 110 Å². The van der Waals surface area contributed by atoms with Crippen LogP contribution in [0.25, 0.3) is 0 Å². The summed E-state index contributed by atoms with van der Waals surface area (Å²) in [5.41, 5.74) is 12.1. The van der Waals surface area contributed by atoms with Gasteiger partial charge in [0.05, 0.1) is 91.4 Å². The summed E-state index contributed by atoms with van der Waals surface area (Å²) in [4.78, 5) is 217. The van der Waals surface area contributed by atoms with E-state index in [-0.39, 0.29) is 225 Å². The summed E-state index contributed by atoms with van der Waals surface area (Å²) < 4.78 is 36.2. The molecule has 5 rings (SSSR count). The van der Waals surface area contributed by atoms with E-state index in [0.29, 0.717) is 11.1 Å². The van der Waals surface area contributed by atoms with Gasteiger partial charge in [-0.2, -0.15) is 0 Å². The number of aliphatic carboxylic acids is 2. The van der Waals surface area contributed by atoms with E-state index in [1.54, 1.807) is 60.7 Å². The predicted octanol–water partition coefficient (Wildman–Crippen LogP) is -6.40. The number of nitrogens with one attached hydrogen (secondary N) is 17. The quantitative estimate of drug-likeness (QED) is 0.0142. The van der Waals surface area contributed by atoms with Crippen molar-refractivity contribution in [2.75, 3.05) is 112 Å². The number of carbonyl (C=O) groups excluding carboxylic acids is 14. The predicted molar refractivity (Wildman–Crippen MR) is 430 cm³/mol. The topological polar surface area (TPSA) is 665 Å². The van der Waals surface area contributed by atoms with Gasteiger partial charge in [-0.15, -0.1) is 5.10 Å². The average Bonchev–Trinajstić information content (AvgIpc) is 1.64. The van der Waals surface area contributed by atoms with Crippen molar-refractivity contribution >= 4 is 107 Å². The molecule has 0 bridgehead atoms. The van der Waals surface area contributed by atoms with Crippen LogP contribution in [0.5, 0.6) is 0 Å². The van der Waals surface area contributed by atoms with Crippen LogP contribution >= 0.6 is 0 Å². The summed E-state index contributed by atoms with van der Waals surface area (Å²) in [5, 5.41) is 80.0. The Bertz CT molecular complexity index is 3750. The lowest BCUT2D eigenvalue weighted by molar-refractivity contribution is -0.141. The lowest BCUT2D eigenvalue weighted by Gasteiger charge is -2.26. The maximum atomic E-state index is 14.3. The zero-order chi connectivity index (χ0) is 89.0. The molecule has 122 heavy (non-hydrogen) atoms. The van der Waals surface area contributed by atoms with Gasteiger partial charge in [-0.3, -0.25) is 87.5 Å². The maximum absolute atomic E-state index is 14.3. The van der Waals surface area contributed by atoms with Crippen LogP contribution in [-0.4, -0.2) is 297 Å². The molecule has 0 unspecified atom stereocenters. The van der Waals surface area contributed by atoms with Gasteiger partial charge in [-0.05, 0) is 75.3 Å². The second kappa shape index (κ2) is 56.8. The summed E-state index contributed by atoms with van der Waals surface area (Å²) in [5.74, 6) is -14.8. The lowest BCUT2D eigenvalue weighted by Crippen LogP contribution is -2.58. The lowest BCUT2D eigenvalue weighted by atomic mass is 10.0. The van der Waals surface area contributed by atoms with E-state index in [4.69, 9.17) is 41.2 Å². The van der Waals surface area contributed by atoms with Gasteiger partial charge in [0.15, 0.2) is 11.9 Å². The third-order valence-electron chi connectivity index (χ3n) is 18.5. The summed E-state index contributed by atoms with van der Waals surface area (Å²) in [6.45, 7) is -1.22. The molecule has 0 spiro atoms. The fraction of sp³-hybridized carbons (Fsp3) is 0.579. The molecule has 2 fully saturated rings. The van der Waals surface area contributed by atoms with Crippen LogP contribution in [0, 0.1) is 10.8 Å². The normalized spacial score (nSPS) is 19.0. The molecule has 0 radical (unpaired) electrons. The number of halogens is 1. The second-order valence-electron chi connectivity index (χ2n) is 28.2. The number of guanidine groups is 2. The van der Waals surface area contributed by atoms with Gasteiger partial charge in [0.25, 0.3) is 0 Å². The summed E-state index contributed by atoms with van der Waals surface area (Å²) in [6, 6.07) is 5.01. The number of ether oxygens (including phenoxy) is 4. The molecule has 45 nitrogen and oxygen atoms in total. The molecule has 3 aromatic rings. The Morgan fingerprint density at radius 1 is 0.443 bits per heavy atom. The number of carbonyl (C=O) groups is 16. The van der Waals surface area contributed by atoms with Crippen LogP contribution in [-0.2, 0) is 122 Å². The summed E-state index contributed by atoms with van der Waals surface area (Å²) >= 11 is 0. The first kappa shape index (κ1) is 100.0. The van der Waals surface area contributed by atoms with E-state index in [1.165, 1.54) is 15.8 Å². The minimum atomic E-state index is -1.71. The number of benzene rings is 2. The molecule has 8 atom stereocenters. The smallest absolute Gasteiger partial charge is 0.305 e. The monoisotopic (exact) mass is 1720 g/mol. The first-order chi connectivity index (χ1) is 58.5. The van der Waals surface area contributed by atoms with Gasteiger partial charge in [0.2, 0.25) is 82.7 Å². The maximum Gasteiger partial charge on any atom is 0.305 e. The highest BCUT2D eigenvalue weighted by Gasteiger charge is 2.36. The fourth-order valence-electron chi connectivity index (χ4n) is 12.2. The molecule has 0 aliphatic carbocycles. The number of hydrogen-bond donors (Lipinski definition) is 21. The zero-order valence-electron chi connectivity index (χ0n) is 67.8. The van der Waals surface area contributed by atoms with Gasteiger partial charge in [-0.25, -0.2) is 9.07 Å². The van der Waals surface area contributed by atoms with Crippen molar-refractivity contribution in [3.05, 3.63) is 83.7 Å². The highest BCUT2D eigenvalue weighted by atomic mass is 18.2. The number of aromatic nitrogens is 3. The zero-order valence-corrected chi connectivity index (χ0v) is 67.8. The van der Waals surface area contributed by atoms with E-state index < -0.39 is 170 Å². The van der Waals surface area contributed by atoms with Crippen LogP contribution in [0.4, 0.5) is 4.39 Å². The number of carboxylic acid groups (broad SMARTS) is 2. The van der Waals surface area contributed by atoms with Gasteiger partial charge < -0.3 is 125 Å². The SMILES string of the molecule is N=C(N)NCCC[C@@H]1NC(=O)[C@H](CCCCNC(=O)CCN(CCC(=O)NCCCC[C@@H]2NC(=O)[C@@H](Cc3ccccc3)NC(=O)[C@H](CC(=O)O)NC(=O)CNC(=O)[C@H](CCCNC(=N)N)NC2=O)C(=O)CCOCCOCCOCCOCCNC(=O)Cn2cc(C[18F])nn2)NC(=O)[C@@H](Cc2ccccc2)NC(=O)[C@H](CC(=O)O)NC(=O)CNC1=O. The van der Waals surface area contributed by atoms with E-state index in [9.17, 15) is 91.3 Å². The number of nitrogens with two attached hydrogens (primary N) is 2. The molecule has 3 heterocycles. The van der Waals surface area contributed by atoms with Gasteiger partial charge >= 0.3 is 11.9 Å². The third-order valence-corrected chi connectivity index (χ3v) is 18.5. The average molecular weight is 1720 g/mol. The molecule has 46 heteroatoms. The third kappa shape index (κ3) is 41.9. The molecule has 23 N–H and O–H groups in total. The van der Waals surface area contributed by atoms with Crippen LogP contribution < -0.4 is 91.2 Å². The second-order valence-corrected chi connectivity index (χ2v) is 28.2. The van der Waals surface area contributed by atoms with E-state index in [1.807, 2.05) is 0 Å². The molecule has 14 amide bonds. The van der Waals surface area contributed by atoms with Crippen LogP contribution in [0.1, 0.15) is 113 Å². The minimum Gasteiger partial charge on any atom is -0.481 e. The summed E-state index contributed by atoms with van der Waals surface area (Å²) in [7, 11) is 0. The molecule has 1 aromatic heterocycles. The number of hydrogen-bond acceptors (Lipinski definition) is 24. The number of unbranched alkanes of at least 4 members (excludes halogenated alkanes) is 2. The van der Waals surface area contributed by atoms with E-state index in [0.717, 1.165) is 0 Å². The number of rotatable bonds is 50. The number of carboxylic acids is 2. The van der Waals surface area contributed by atoms with Crippen molar-refractivity contribution in [2.24, 2.45) is 11.5 Å². The van der Waals surface area contributed by atoms with Crippen molar-refractivity contribution in [3.63, 3.8) is 0 Å². The Hall–Kier alpha value is -12.6. The standard InChI is InChI=1S/C76H114FN23O22/c77-43-50-46-100(98-97-50)47-63(105)84-28-32-120-34-36-122-38-37-121-35-33-119-31-23-64(106)99(29-21-59(101)82-24-9-7-17-53-69(113)91-51(19-11-26-85-75(78)79)67(111)87-44-61(103)89-57(41-65(107)108)73(117)95-55(71(115)93-53)39-48-13-3-1-4-14-48)30-22-60(102)83-25-10-8-18-54-70(114)92-52(20-12-27-86-76(80)81)68(112)88-45-62(104)90-58(42-66(109)110)74(118)96-56(72(116)94-54)40-49-15-5-2-6-16-49/h1-6,13-16,46,51-58H,7-12,17-45,47H2,(H,82,101)(H,83,102)(H,84,105)(H,87,111)(H,88,112)(H,89,103)(H,90,104)(H,91,113)(H,92,114)(H,93,115)(H,94,116)(H,95,117)(H,96,118)(H,107,108)(H,109,110)(H4,78,79,85)(H4,80,81,86)/t51-,52-,53-,54-,55+,56+,57-,58-/m0/s1/i77-1. The van der Waals surface area contributed by atoms with Crippen molar-refractivity contribution in [3.8, 4) is 0 Å². The van der Waals surface area contributed by atoms with Crippen LogP contribution in [0.15, 0.2) is 66.9 Å². The Balaban J connectivity index is 1.23. The Kier molecular flexibility index (Phi) is 46.5. The summed E-state index contributed by atoms with van der Waals surface area (Å²) in [6.07, 6.45) is -0.893. The van der Waals surface area contributed by atoms with E-state index >= 15 is 0 Å². The molecule has 2 aliphatic heterocycles. The van der Waals surface area contributed by atoms with Gasteiger partial charge in [0, 0.05) is 71.5 Å². The number of nitrogens with zero attached hydrogens (tertiary/aromatic N) is 4. The van der Waals surface area contributed by atoms with Crippen LogP contribution in [0.2, 0.25) is 0 Å². The Morgan fingerprint density at radius 2 is 0.803 bits per heavy atom. The highest BCUT2D eigenvalue weighted by molar-refractivity contribution is 6.00. The number of alkyl halides is 1. The molecule has 2 saturated heterocycles. The molecule has 672 valence electrons. The Morgan fingerprint density at radius 3 is 1.20 bits per heavy atom. The molecular weight excluding hydrogens is 1600 g/mol. The number of amides is 14. The highest BCUT2D eigenvalue weighted by Crippen LogP contribution is 2.14. The minimum absolute atomic E-state index is 0.00405. The molecular formula is C76H114FN23O22. The largest absolute Gasteiger partial charge is 0.481 e. The molecule has 2 aromatic carbocycles. The van der Waals surface area contributed by atoms with Crippen LogP contribution in [0.3, 0.4) is 0 Å². The fourth-order valence-corrected chi connectivity index (χ4v) is 12.2. The van der Waals surface area contributed by atoms with Crippen molar-refractivity contribution in [2.45, 2.75) is 171 Å². The van der Waals surface area contributed by atoms with Gasteiger partial charge in [0.1, 0.15) is 67.2 Å². The Labute approximate surface area is 702 Å². The first-order valence-corrected chi connectivity index (χ1v) is 40.0. The van der Waals surface area contributed by atoms with Gasteiger partial charge in [-0.1, -0.05) is 65.9 Å². The molecule has 0 saturated carbocycles.